The zero-order chi connectivity index (χ0) is 10.8. The van der Waals surface area contributed by atoms with Crippen LogP contribution < -0.4 is 5.32 Å². The highest BCUT2D eigenvalue weighted by Gasteiger charge is 2.23. The van der Waals surface area contributed by atoms with Gasteiger partial charge in [0, 0.05) is 17.0 Å². The number of hydrogen-bond donors (Lipinski definition) is 2. The van der Waals surface area contributed by atoms with Gasteiger partial charge < -0.3 is 10.4 Å². The van der Waals surface area contributed by atoms with Gasteiger partial charge in [-0.05, 0) is 39.1 Å². The zero-order valence-corrected chi connectivity index (χ0v) is 10.1. The molecule has 1 heterocycles. The van der Waals surface area contributed by atoms with Gasteiger partial charge in [-0.25, -0.2) is 0 Å². The largest absolute Gasteiger partial charge is 0.389 e. The molecule has 1 aromatic heterocycles. The highest BCUT2D eigenvalue weighted by Crippen LogP contribution is 2.20. The maximum Gasteiger partial charge on any atom is 0.0741 e. The van der Waals surface area contributed by atoms with Crippen molar-refractivity contribution in [2.24, 2.45) is 0 Å². The van der Waals surface area contributed by atoms with Gasteiger partial charge in [-0.1, -0.05) is 6.07 Å². The molecule has 3 heteroatoms. The third kappa shape index (κ3) is 3.08. The number of rotatable bonds is 4. The molecule has 0 radical (unpaired) electrons. The molecule has 0 aliphatic heterocycles. The van der Waals surface area contributed by atoms with E-state index >= 15 is 0 Å². The van der Waals surface area contributed by atoms with E-state index in [0.29, 0.717) is 6.04 Å². The first-order valence-electron chi connectivity index (χ1n) is 4.93. The summed E-state index contributed by atoms with van der Waals surface area (Å²) < 4.78 is 0. The first-order chi connectivity index (χ1) is 6.41. The van der Waals surface area contributed by atoms with Gasteiger partial charge in [0.25, 0.3) is 0 Å². The van der Waals surface area contributed by atoms with Crippen LogP contribution in [0.5, 0.6) is 0 Å². The molecule has 1 aromatic rings. The molecular formula is C11H19NOS. The molecule has 0 aromatic carbocycles. The van der Waals surface area contributed by atoms with Crippen molar-refractivity contribution < 1.29 is 5.11 Å². The van der Waals surface area contributed by atoms with Crippen molar-refractivity contribution in [3.05, 3.63) is 22.4 Å². The molecule has 1 rings (SSSR count). The fraction of sp³-hybridized carbons (Fsp3) is 0.636. The fourth-order valence-electron chi connectivity index (χ4n) is 1.20. The van der Waals surface area contributed by atoms with Crippen molar-refractivity contribution in [2.75, 3.05) is 0 Å². The fourth-order valence-corrected chi connectivity index (χ4v) is 1.94. The van der Waals surface area contributed by atoms with Crippen LogP contribution in [0.4, 0.5) is 0 Å². The van der Waals surface area contributed by atoms with Crippen molar-refractivity contribution in [3.63, 3.8) is 0 Å². The second kappa shape index (κ2) is 4.43. The molecule has 0 amide bonds. The lowest BCUT2D eigenvalue weighted by atomic mass is 10.00. The summed E-state index contributed by atoms with van der Waals surface area (Å²) >= 11 is 1.74. The Morgan fingerprint density at radius 2 is 2.07 bits per heavy atom. The van der Waals surface area contributed by atoms with Crippen LogP contribution in [0.15, 0.2) is 17.5 Å². The second-order valence-corrected chi connectivity index (χ2v) is 5.26. The summed E-state index contributed by atoms with van der Waals surface area (Å²) in [7, 11) is 0. The molecule has 1 unspecified atom stereocenters. The Morgan fingerprint density at radius 3 is 2.50 bits per heavy atom. The third-order valence-electron chi connectivity index (χ3n) is 2.53. The Hall–Kier alpha value is -0.380. The van der Waals surface area contributed by atoms with Crippen LogP contribution in [0.3, 0.4) is 0 Å². The lowest BCUT2D eigenvalue weighted by Crippen LogP contribution is -2.45. The van der Waals surface area contributed by atoms with E-state index in [9.17, 15) is 5.11 Å². The van der Waals surface area contributed by atoms with Gasteiger partial charge in [-0.3, -0.25) is 0 Å². The normalized spacial score (nSPS) is 16.6. The van der Waals surface area contributed by atoms with Gasteiger partial charge >= 0.3 is 0 Å². The molecule has 0 aliphatic carbocycles. The van der Waals surface area contributed by atoms with Crippen LogP contribution in [0.25, 0.3) is 0 Å². The Kier molecular flexibility index (Phi) is 3.70. The van der Waals surface area contributed by atoms with Crippen LogP contribution in [-0.2, 0) is 0 Å². The van der Waals surface area contributed by atoms with Gasteiger partial charge in [0.2, 0.25) is 0 Å². The first kappa shape index (κ1) is 11.7. The second-order valence-electron chi connectivity index (χ2n) is 4.28. The molecule has 14 heavy (non-hydrogen) atoms. The van der Waals surface area contributed by atoms with Crippen LogP contribution >= 0.6 is 11.3 Å². The summed E-state index contributed by atoms with van der Waals surface area (Å²) in [4.78, 5) is 1.31. The highest BCUT2D eigenvalue weighted by molar-refractivity contribution is 7.10. The van der Waals surface area contributed by atoms with E-state index in [0.717, 1.165) is 0 Å². The third-order valence-corrected chi connectivity index (χ3v) is 3.58. The van der Waals surface area contributed by atoms with E-state index in [2.05, 4.69) is 23.7 Å². The average molecular weight is 213 g/mol. The number of nitrogens with one attached hydrogen (secondary N) is 1. The summed E-state index contributed by atoms with van der Waals surface area (Å²) in [5.74, 6) is 0. The quantitative estimate of drug-likeness (QED) is 0.805. The van der Waals surface area contributed by atoms with Crippen LogP contribution in [0.2, 0.25) is 0 Å². The zero-order valence-electron chi connectivity index (χ0n) is 9.24. The maximum absolute atomic E-state index is 9.77. The molecule has 0 bridgehead atoms. The van der Waals surface area contributed by atoms with Crippen molar-refractivity contribution >= 4 is 11.3 Å². The lowest BCUT2D eigenvalue weighted by molar-refractivity contribution is 0.0407. The predicted molar refractivity (Wildman–Crippen MR) is 61.6 cm³/mol. The van der Waals surface area contributed by atoms with E-state index in [-0.39, 0.29) is 6.04 Å². The minimum atomic E-state index is -0.675. The number of thiophene rings is 1. The van der Waals surface area contributed by atoms with Gasteiger partial charge in [0.1, 0.15) is 0 Å². The van der Waals surface area contributed by atoms with E-state index in [1.54, 1.807) is 11.3 Å². The van der Waals surface area contributed by atoms with Crippen molar-refractivity contribution in [2.45, 2.75) is 45.4 Å². The summed E-state index contributed by atoms with van der Waals surface area (Å²) in [5.41, 5.74) is -0.675. The summed E-state index contributed by atoms with van der Waals surface area (Å²) in [6.45, 7) is 7.77. The summed E-state index contributed by atoms with van der Waals surface area (Å²) in [6, 6.07) is 4.54. The van der Waals surface area contributed by atoms with Crippen LogP contribution in [0, 0.1) is 0 Å². The molecular weight excluding hydrogens is 194 g/mol. The molecule has 80 valence electrons. The molecule has 0 saturated carbocycles. The SMILES string of the molecule is CC(N[C@H](C)c1cccs1)C(C)(C)O. The first-order valence-corrected chi connectivity index (χ1v) is 5.81. The minimum absolute atomic E-state index is 0.0830. The van der Waals surface area contributed by atoms with Gasteiger partial charge in [-0.15, -0.1) is 11.3 Å². The van der Waals surface area contributed by atoms with E-state index < -0.39 is 5.60 Å². The van der Waals surface area contributed by atoms with Gasteiger partial charge in [0.15, 0.2) is 0 Å². The topological polar surface area (TPSA) is 32.3 Å². The molecule has 2 N–H and O–H groups in total. The molecule has 2 atom stereocenters. The summed E-state index contributed by atoms with van der Waals surface area (Å²) in [6.07, 6.45) is 0. The Labute approximate surface area is 90.0 Å². The van der Waals surface area contributed by atoms with Crippen LogP contribution in [0.1, 0.15) is 38.6 Å². The predicted octanol–water partition coefficient (Wildman–Crippen LogP) is 2.56. The highest BCUT2D eigenvalue weighted by atomic mass is 32.1. The molecule has 0 spiro atoms. The van der Waals surface area contributed by atoms with E-state index in [4.69, 9.17) is 0 Å². The maximum atomic E-state index is 9.77. The standard InChI is InChI=1S/C11H19NOS/c1-8(10-6-5-7-14-10)12-9(2)11(3,4)13/h5-9,12-13H,1-4H3/t8-,9?/m1/s1. The molecule has 0 saturated heterocycles. The van der Waals surface area contributed by atoms with E-state index in [1.165, 1.54) is 4.88 Å². The van der Waals surface area contributed by atoms with Gasteiger partial charge in [0.05, 0.1) is 5.60 Å². The molecule has 2 nitrogen and oxygen atoms in total. The van der Waals surface area contributed by atoms with Crippen molar-refractivity contribution in [3.8, 4) is 0 Å². The average Bonchev–Trinajstić information content (AvgIpc) is 2.53. The smallest absolute Gasteiger partial charge is 0.0741 e. The van der Waals surface area contributed by atoms with Crippen molar-refractivity contribution in [1.82, 2.24) is 5.32 Å². The number of aliphatic hydroxyl groups is 1. The Balaban J connectivity index is 2.53. The minimum Gasteiger partial charge on any atom is -0.389 e. The van der Waals surface area contributed by atoms with Crippen molar-refractivity contribution in [1.29, 1.82) is 0 Å². The Bertz CT molecular complexity index is 263. The number of hydrogen-bond acceptors (Lipinski definition) is 3. The summed E-state index contributed by atoms with van der Waals surface area (Å²) in [5, 5.41) is 15.2. The lowest BCUT2D eigenvalue weighted by Gasteiger charge is -2.29. The Morgan fingerprint density at radius 1 is 1.43 bits per heavy atom. The molecule has 0 aliphatic rings. The van der Waals surface area contributed by atoms with Crippen LogP contribution in [-0.4, -0.2) is 16.7 Å². The molecule has 0 fully saturated rings. The monoisotopic (exact) mass is 213 g/mol. The van der Waals surface area contributed by atoms with E-state index in [1.807, 2.05) is 26.8 Å². The van der Waals surface area contributed by atoms with Gasteiger partial charge in [-0.2, -0.15) is 0 Å².